The van der Waals surface area contributed by atoms with Gasteiger partial charge in [-0.2, -0.15) is 23.0 Å². The third kappa shape index (κ3) is 7.12. The van der Waals surface area contributed by atoms with Gasteiger partial charge in [-0.25, -0.2) is 9.97 Å². The van der Waals surface area contributed by atoms with Crippen molar-refractivity contribution in [3.63, 3.8) is 0 Å². The zero-order chi connectivity index (χ0) is 28.9. The summed E-state index contributed by atoms with van der Waals surface area (Å²) in [5.41, 5.74) is 1.53. The molecule has 2 heterocycles. The number of anilines is 4. The van der Waals surface area contributed by atoms with Gasteiger partial charge in [-0.1, -0.05) is 12.1 Å². The lowest BCUT2D eigenvalue weighted by molar-refractivity contribution is -0.138. The Bertz CT molecular complexity index is 1540. The molecule has 0 unspecified atom stereocenters. The lowest BCUT2D eigenvalue weighted by Crippen LogP contribution is -2.14. The van der Waals surface area contributed by atoms with Gasteiger partial charge >= 0.3 is 12.1 Å². The normalized spacial score (nSPS) is 11.2. The molecule has 40 heavy (non-hydrogen) atoms. The summed E-state index contributed by atoms with van der Waals surface area (Å²) in [5, 5.41) is 22.3. The third-order valence-electron chi connectivity index (χ3n) is 5.78. The van der Waals surface area contributed by atoms with Crippen LogP contribution in [-0.4, -0.2) is 43.3 Å². The lowest BCUT2D eigenvalue weighted by atomic mass is 10.1. The van der Waals surface area contributed by atoms with Crippen molar-refractivity contribution in [2.75, 3.05) is 22.5 Å². The highest BCUT2D eigenvalue weighted by Crippen LogP contribution is 2.30. The monoisotopic (exact) mass is 553 g/mol. The molecule has 4 N–H and O–H groups in total. The quantitative estimate of drug-likeness (QED) is 0.187. The number of carbonyl (C=O) groups excluding carboxylic acids is 1. The number of aryl methyl sites for hydroxylation is 2. The fraction of sp³-hybridized carbons (Fsp3) is 0.222. The number of aliphatic carboxylic acids is 1. The number of alkyl halides is 3. The largest absolute Gasteiger partial charge is 0.481 e. The number of rotatable bonds is 10. The zero-order valence-corrected chi connectivity index (χ0v) is 21.6. The maximum absolute atomic E-state index is 13.1. The number of hydrogen-bond donors (Lipinski definition) is 4. The van der Waals surface area contributed by atoms with Crippen LogP contribution in [0.1, 0.15) is 40.0 Å². The number of benzene rings is 2. The molecule has 0 aliphatic carbocycles. The summed E-state index contributed by atoms with van der Waals surface area (Å²) in [7, 11) is 0. The van der Waals surface area contributed by atoms with Crippen LogP contribution < -0.4 is 16.0 Å². The molecule has 13 heteroatoms. The van der Waals surface area contributed by atoms with E-state index in [1.807, 2.05) is 13.8 Å². The summed E-state index contributed by atoms with van der Waals surface area (Å²) in [6.07, 6.45) is -2.72. The van der Waals surface area contributed by atoms with Crippen molar-refractivity contribution in [2.45, 2.75) is 32.9 Å². The maximum Gasteiger partial charge on any atom is 0.416 e. The van der Waals surface area contributed by atoms with E-state index in [1.54, 1.807) is 35.0 Å². The average molecular weight is 554 g/mol. The van der Waals surface area contributed by atoms with Crippen molar-refractivity contribution in [1.82, 2.24) is 19.7 Å². The maximum atomic E-state index is 13.1. The number of halogens is 3. The molecule has 0 atom stereocenters. The second-order valence-corrected chi connectivity index (χ2v) is 8.96. The SMILES string of the molecule is Cc1cc(Nc2cc(NC(=O)c3cccc(C(F)(F)F)c3)ccc2C)n(-c2cc(NCCCC(=O)O)ncn2)n1. The molecule has 0 spiro atoms. The second kappa shape index (κ2) is 11.8. The van der Waals surface area contributed by atoms with Gasteiger partial charge in [-0.05, 0) is 56.2 Å². The number of carboxylic acid groups (broad SMARTS) is 1. The summed E-state index contributed by atoms with van der Waals surface area (Å²) < 4.78 is 40.8. The van der Waals surface area contributed by atoms with Crippen LogP contribution in [0.4, 0.5) is 36.2 Å². The number of aromatic nitrogens is 4. The van der Waals surface area contributed by atoms with Crippen LogP contribution >= 0.6 is 0 Å². The highest BCUT2D eigenvalue weighted by molar-refractivity contribution is 6.04. The van der Waals surface area contributed by atoms with Gasteiger partial charge in [0.1, 0.15) is 18.0 Å². The molecule has 0 saturated heterocycles. The highest BCUT2D eigenvalue weighted by atomic mass is 19.4. The number of carbonyl (C=O) groups is 2. The number of carboxylic acids is 1. The van der Waals surface area contributed by atoms with Crippen molar-refractivity contribution in [3.05, 3.63) is 83.3 Å². The Morgan fingerprint density at radius 3 is 2.58 bits per heavy atom. The highest BCUT2D eigenvalue weighted by Gasteiger charge is 2.31. The van der Waals surface area contributed by atoms with Crippen LogP contribution in [0.25, 0.3) is 5.82 Å². The predicted octanol–water partition coefficient (Wildman–Crippen LogP) is 5.57. The molecule has 2 aromatic heterocycles. The van der Waals surface area contributed by atoms with Crippen LogP contribution in [0.5, 0.6) is 0 Å². The molecule has 1 amide bonds. The minimum Gasteiger partial charge on any atom is -0.481 e. The minimum atomic E-state index is -4.56. The Hall–Kier alpha value is -4.94. The first-order valence-electron chi connectivity index (χ1n) is 12.2. The minimum absolute atomic E-state index is 0.0379. The molecule has 0 saturated carbocycles. The van der Waals surface area contributed by atoms with Gasteiger partial charge in [-0.15, -0.1) is 0 Å². The van der Waals surface area contributed by atoms with Gasteiger partial charge in [0, 0.05) is 42.0 Å². The van der Waals surface area contributed by atoms with Gasteiger partial charge in [0.05, 0.1) is 11.3 Å². The van der Waals surface area contributed by atoms with Crippen molar-refractivity contribution in [3.8, 4) is 5.82 Å². The van der Waals surface area contributed by atoms with Gasteiger partial charge in [0.2, 0.25) is 0 Å². The average Bonchev–Trinajstić information content (AvgIpc) is 3.28. The summed E-state index contributed by atoms with van der Waals surface area (Å²) in [4.78, 5) is 31.9. The van der Waals surface area contributed by atoms with E-state index in [4.69, 9.17) is 5.11 Å². The molecule has 0 aliphatic heterocycles. The van der Waals surface area contributed by atoms with Gasteiger partial charge in [0.25, 0.3) is 5.91 Å². The summed E-state index contributed by atoms with van der Waals surface area (Å²) in [5.74, 6) is -0.0193. The molecule has 0 radical (unpaired) electrons. The number of nitrogens with one attached hydrogen (secondary N) is 3. The molecule has 0 bridgehead atoms. The fourth-order valence-corrected chi connectivity index (χ4v) is 3.79. The molecule has 10 nitrogen and oxygen atoms in total. The predicted molar refractivity (Wildman–Crippen MR) is 143 cm³/mol. The van der Waals surface area contributed by atoms with E-state index in [-0.39, 0.29) is 12.0 Å². The van der Waals surface area contributed by atoms with Crippen molar-refractivity contribution in [1.29, 1.82) is 0 Å². The molecular weight excluding hydrogens is 527 g/mol. The summed E-state index contributed by atoms with van der Waals surface area (Å²) in [6, 6.07) is 12.8. The molecular formula is C27H26F3N7O3. The van der Waals surface area contributed by atoms with Crippen molar-refractivity contribution >= 4 is 34.9 Å². The van der Waals surface area contributed by atoms with Gasteiger partial charge in [-0.3, -0.25) is 9.59 Å². The van der Waals surface area contributed by atoms with E-state index in [0.717, 1.165) is 17.7 Å². The van der Waals surface area contributed by atoms with E-state index < -0.39 is 23.6 Å². The van der Waals surface area contributed by atoms with E-state index in [1.165, 1.54) is 18.5 Å². The van der Waals surface area contributed by atoms with Gasteiger partial charge < -0.3 is 21.1 Å². The Balaban J connectivity index is 1.52. The molecule has 208 valence electrons. The molecule has 4 aromatic rings. The molecule has 2 aromatic carbocycles. The topological polar surface area (TPSA) is 134 Å². The van der Waals surface area contributed by atoms with Crippen LogP contribution in [0.2, 0.25) is 0 Å². The number of amides is 1. The first-order chi connectivity index (χ1) is 19.0. The summed E-state index contributed by atoms with van der Waals surface area (Å²) in [6.45, 7) is 4.09. The van der Waals surface area contributed by atoms with E-state index >= 15 is 0 Å². The van der Waals surface area contributed by atoms with Crippen LogP contribution in [0.15, 0.2) is 60.9 Å². The Morgan fingerprint density at radius 2 is 1.82 bits per heavy atom. The third-order valence-corrected chi connectivity index (χ3v) is 5.78. The van der Waals surface area contributed by atoms with E-state index in [0.29, 0.717) is 47.5 Å². The number of hydrogen-bond acceptors (Lipinski definition) is 7. The Labute approximate surface area is 227 Å². The van der Waals surface area contributed by atoms with Gasteiger partial charge in [0.15, 0.2) is 5.82 Å². The van der Waals surface area contributed by atoms with Crippen LogP contribution in [0, 0.1) is 13.8 Å². The first-order valence-corrected chi connectivity index (χ1v) is 12.2. The Kier molecular flexibility index (Phi) is 8.31. The zero-order valence-electron chi connectivity index (χ0n) is 21.6. The van der Waals surface area contributed by atoms with Crippen LogP contribution in [0.3, 0.4) is 0 Å². The van der Waals surface area contributed by atoms with Crippen LogP contribution in [-0.2, 0) is 11.0 Å². The standard InChI is InChI=1S/C27H26F3N7O3/c1-16-8-9-20(34-26(40)18-5-3-6-19(12-18)27(28,29)30)13-21(16)35-24-11-17(2)36-37(24)23-14-22(32-15-33-23)31-10-4-7-25(38)39/h3,5-6,8-9,11-15,35H,4,7,10H2,1-2H3,(H,34,40)(H,38,39)(H,31,32,33). The van der Waals surface area contributed by atoms with E-state index in [2.05, 4.69) is 31.0 Å². The second-order valence-electron chi connectivity index (χ2n) is 8.96. The molecule has 0 aliphatic rings. The smallest absolute Gasteiger partial charge is 0.416 e. The molecule has 4 rings (SSSR count). The lowest BCUT2D eigenvalue weighted by Gasteiger charge is -2.14. The van der Waals surface area contributed by atoms with Crippen molar-refractivity contribution < 1.29 is 27.9 Å². The fourth-order valence-electron chi connectivity index (χ4n) is 3.79. The van der Waals surface area contributed by atoms with E-state index in [9.17, 15) is 22.8 Å². The summed E-state index contributed by atoms with van der Waals surface area (Å²) >= 11 is 0. The first kappa shape index (κ1) is 28.1. The Morgan fingerprint density at radius 1 is 1.02 bits per heavy atom. The number of nitrogens with zero attached hydrogens (tertiary/aromatic N) is 4. The van der Waals surface area contributed by atoms with Crippen molar-refractivity contribution in [2.24, 2.45) is 0 Å². The molecule has 0 fully saturated rings.